The summed E-state index contributed by atoms with van der Waals surface area (Å²) >= 11 is 0. The van der Waals surface area contributed by atoms with Crippen LogP contribution in [0, 0.1) is 23.2 Å². The van der Waals surface area contributed by atoms with Crippen LogP contribution in [0.1, 0.15) is 72.1 Å². The molecule has 2 saturated carbocycles. The summed E-state index contributed by atoms with van der Waals surface area (Å²) in [7, 11) is 3.50. The van der Waals surface area contributed by atoms with Gasteiger partial charge in [-0.15, -0.1) is 0 Å². The standard InChI is InChI=1S/C32H48O5S2/c1-22(2)8-5-9-23(3)10-6-11-24(19-34)28-18-26-21-39-38-17-14-25(20-35)27-13-15-31(4,37)32(26,30(28)36)29(27)12-7-16-33/h6,8,10-11,20,26,28-30,33-34,36-37H,3,5,7,9,12-19,21H2,1-2,4H3/b10-6+,24-11-,27-25+/t26-,28-,29-,30-,31-,32-/m1/s1. The number of hydrogen-bond donors (Lipinski definition) is 4. The lowest BCUT2D eigenvalue weighted by Gasteiger charge is -2.58. The summed E-state index contributed by atoms with van der Waals surface area (Å²) in [6.07, 6.45) is 13.5. The zero-order chi connectivity index (χ0) is 28.6. The molecule has 0 unspecified atom stereocenters. The van der Waals surface area contributed by atoms with Crippen molar-refractivity contribution >= 4 is 27.9 Å². The van der Waals surface area contributed by atoms with E-state index in [2.05, 4.69) is 26.5 Å². The van der Waals surface area contributed by atoms with Gasteiger partial charge in [-0.05, 0) is 95.1 Å². The lowest BCUT2D eigenvalue weighted by atomic mass is 9.50. The van der Waals surface area contributed by atoms with Crippen molar-refractivity contribution < 1.29 is 25.2 Å². The normalized spacial score (nSPS) is 35.5. The summed E-state index contributed by atoms with van der Waals surface area (Å²) in [5.41, 5.74) is 2.89. The molecule has 1 aliphatic heterocycles. The Bertz CT molecular complexity index is 991. The number of aliphatic hydroxyl groups is 4. The highest BCUT2D eigenvalue weighted by Crippen LogP contribution is 2.66. The largest absolute Gasteiger partial charge is 0.396 e. The summed E-state index contributed by atoms with van der Waals surface area (Å²) in [5.74, 6) is 1.11. The number of aldehydes is 1. The zero-order valence-corrected chi connectivity index (χ0v) is 25.5. The molecule has 1 spiro atoms. The molecule has 2 fully saturated rings. The predicted octanol–water partition coefficient (Wildman–Crippen LogP) is 5.96. The van der Waals surface area contributed by atoms with Gasteiger partial charge in [-0.2, -0.15) is 0 Å². The van der Waals surface area contributed by atoms with Gasteiger partial charge < -0.3 is 20.4 Å². The second kappa shape index (κ2) is 14.7. The Balaban J connectivity index is 2.03. The fraction of sp³-hybridized carbons (Fsp3) is 0.656. The molecule has 4 N–H and O–H groups in total. The maximum absolute atomic E-state index is 12.3. The second-order valence-electron chi connectivity index (χ2n) is 11.9. The van der Waals surface area contributed by atoms with E-state index in [0.717, 1.165) is 52.9 Å². The molecule has 39 heavy (non-hydrogen) atoms. The van der Waals surface area contributed by atoms with Gasteiger partial charge in [0.2, 0.25) is 0 Å². The molecule has 2 aliphatic carbocycles. The van der Waals surface area contributed by atoms with Crippen molar-refractivity contribution in [2.75, 3.05) is 24.7 Å². The molecule has 0 aromatic rings. The van der Waals surface area contributed by atoms with Crippen LogP contribution in [0.4, 0.5) is 0 Å². The number of carbonyl (C=O) groups is 1. The van der Waals surface area contributed by atoms with Gasteiger partial charge in [0.05, 0.1) is 18.3 Å². The van der Waals surface area contributed by atoms with Crippen LogP contribution in [0.2, 0.25) is 0 Å². The van der Waals surface area contributed by atoms with Crippen LogP contribution in [-0.4, -0.2) is 63.1 Å². The van der Waals surface area contributed by atoms with E-state index < -0.39 is 17.1 Å². The molecule has 3 rings (SSSR count). The summed E-state index contributed by atoms with van der Waals surface area (Å²) in [6, 6.07) is 0. The maximum atomic E-state index is 12.3. The van der Waals surface area contributed by atoms with Gasteiger partial charge in [0.1, 0.15) is 6.29 Å². The summed E-state index contributed by atoms with van der Waals surface area (Å²) < 4.78 is 0. The molecule has 0 saturated heterocycles. The summed E-state index contributed by atoms with van der Waals surface area (Å²) in [4.78, 5) is 12.3. The van der Waals surface area contributed by atoms with E-state index in [1.807, 2.05) is 25.2 Å². The van der Waals surface area contributed by atoms with E-state index in [9.17, 15) is 25.2 Å². The number of aliphatic hydroxyl groups excluding tert-OH is 3. The van der Waals surface area contributed by atoms with Crippen LogP contribution < -0.4 is 0 Å². The van der Waals surface area contributed by atoms with Crippen molar-refractivity contribution in [3.8, 4) is 0 Å². The molecule has 0 radical (unpaired) electrons. The molecule has 0 aromatic carbocycles. The highest BCUT2D eigenvalue weighted by atomic mass is 33.1. The van der Waals surface area contributed by atoms with Crippen molar-refractivity contribution in [1.82, 2.24) is 0 Å². The van der Waals surface area contributed by atoms with Crippen LogP contribution in [0.5, 0.6) is 0 Å². The van der Waals surface area contributed by atoms with Crippen molar-refractivity contribution in [1.29, 1.82) is 0 Å². The number of carbonyl (C=O) groups excluding carboxylic acids is 1. The molecule has 3 aliphatic rings. The molecule has 1 heterocycles. The molecule has 5 nitrogen and oxygen atoms in total. The second-order valence-corrected chi connectivity index (χ2v) is 14.5. The Morgan fingerprint density at radius 3 is 2.64 bits per heavy atom. The van der Waals surface area contributed by atoms with Crippen molar-refractivity contribution in [2.45, 2.75) is 83.8 Å². The van der Waals surface area contributed by atoms with Gasteiger partial charge in [-0.1, -0.05) is 69.2 Å². The first kappa shape index (κ1) is 32.4. The molecule has 218 valence electrons. The third-order valence-corrected chi connectivity index (χ3v) is 11.7. The smallest absolute Gasteiger partial charge is 0.146 e. The lowest BCUT2D eigenvalue weighted by Crippen LogP contribution is -2.62. The van der Waals surface area contributed by atoms with Gasteiger partial charge >= 0.3 is 0 Å². The van der Waals surface area contributed by atoms with Crippen LogP contribution in [0.25, 0.3) is 0 Å². The molecule has 0 amide bonds. The van der Waals surface area contributed by atoms with E-state index in [4.69, 9.17) is 0 Å². The molecule has 0 aromatic heterocycles. The van der Waals surface area contributed by atoms with Crippen molar-refractivity contribution in [3.05, 3.63) is 58.7 Å². The minimum atomic E-state index is -1.15. The molecule has 2 bridgehead atoms. The Morgan fingerprint density at radius 2 is 1.97 bits per heavy atom. The van der Waals surface area contributed by atoms with Crippen LogP contribution >= 0.6 is 21.6 Å². The topological polar surface area (TPSA) is 98.0 Å². The van der Waals surface area contributed by atoms with Crippen LogP contribution in [0.15, 0.2) is 58.7 Å². The van der Waals surface area contributed by atoms with E-state index >= 15 is 0 Å². The quantitative estimate of drug-likeness (QED) is 0.104. The summed E-state index contributed by atoms with van der Waals surface area (Å²) in [5, 5.41) is 44.6. The van der Waals surface area contributed by atoms with Crippen molar-refractivity contribution in [3.63, 3.8) is 0 Å². The van der Waals surface area contributed by atoms with Crippen LogP contribution in [-0.2, 0) is 4.79 Å². The van der Waals surface area contributed by atoms with Crippen molar-refractivity contribution in [2.24, 2.45) is 23.2 Å². The van der Waals surface area contributed by atoms with E-state index in [1.54, 1.807) is 21.6 Å². The number of allylic oxidation sites excluding steroid dienone is 8. The van der Waals surface area contributed by atoms with Gasteiger partial charge in [-0.25, -0.2) is 0 Å². The first-order valence-corrected chi connectivity index (χ1v) is 16.8. The summed E-state index contributed by atoms with van der Waals surface area (Å²) in [6.45, 7) is 10.0. The third kappa shape index (κ3) is 7.04. The van der Waals surface area contributed by atoms with Gasteiger partial charge in [-0.3, -0.25) is 4.79 Å². The van der Waals surface area contributed by atoms with E-state index in [1.165, 1.54) is 5.57 Å². The minimum absolute atomic E-state index is 0.00652. The Kier molecular flexibility index (Phi) is 12.2. The van der Waals surface area contributed by atoms with Gasteiger partial charge in [0.25, 0.3) is 0 Å². The fourth-order valence-corrected chi connectivity index (χ4v) is 9.88. The van der Waals surface area contributed by atoms with E-state index in [0.29, 0.717) is 38.5 Å². The van der Waals surface area contributed by atoms with Gasteiger partial charge in [0.15, 0.2) is 0 Å². The minimum Gasteiger partial charge on any atom is -0.396 e. The first-order valence-electron chi connectivity index (χ1n) is 14.4. The van der Waals surface area contributed by atoms with Gasteiger partial charge in [0, 0.05) is 29.4 Å². The number of fused-ring (bicyclic) bond motifs is 1. The third-order valence-electron chi connectivity index (χ3n) is 9.23. The Hall–Kier alpha value is -1.09. The number of rotatable bonds is 11. The Morgan fingerprint density at radius 1 is 1.21 bits per heavy atom. The molecule has 6 atom stereocenters. The highest BCUT2D eigenvalue weighted by Gasteiger charge is 2.68. The average molecular weight is 577 g/mol. The Labute approximate surface area is 243 Å². The SMILES string of the molecule is C=C(/C=C/C=C(/CO)[C@H]1C[C@@H]2CSSCC/C(C=O)=C3/CC[C@@](C)(O)[C@]2([C@@H]3CCCO)[C@@H]1O)CCC=C(C)C. The lowest BCUT2D eigenvalue weighted by molar-refractivity contribution is -0.184. The zero-order valence-electron chi connectivity index (χ0n) is 23.9. The average Bonchev–Trinajstić information content (AvgIpc) is 3.18. The van der Waals surface area contributed by atoms with E-state index in [-0.39, 0.29) is 31.0 Å². The highest BCUT2D eigenvalue weighted by molar-refractivity contribution is 8.76. The first-order chi connectivity index (χ1) is 18.6. The number of hydrogen-bond acceptors (Lipinski definition) is 7. The molecular formula is C32H48O5S2. The predicted molar refractivity (Wildman–Crippen MR) is 164 cm³/mol. The monoisotopic (exact) mass is 576 g/mol. The van der Waals surface area contributed by atoms with Crippen LogP contribution in [0.3, 0.4) is 0 Å². The maximum Gasteiger partial charge on any atom is 0.146 e. The molecule has 7 heteroatoms. The molecular weight excluding hydrogens is 528 g/mol. The fourth-order valence-electron chi connectivity index (χ4n) is 7.41.